The van der Waals surface area contributed by atoms with Gasteiger partial charge in [0.1, 0.15) is 5.69 Å². The minimum atomic E-state index is -0.401. The Kier molecular flexibility index (Phi) is 4.39. The highest BCUT2D eigenvalue weighted by atomic mass is 16.6. The molecule has 0 spiro atoms. The fourth-order valence-corrected chi connectivity index (χ4v) is 1.99. The van der Waals surface area contributed by atoms with Gasteiger partial charge in [-0.25, -0.2) is 9.78 Å². The zero-order valence-corrected chi connectivity index (χ0v) is 13.4. The van der Waals surface area contributed by atoms with Crippen LogP contribution in [-0.4, -0.2) is 48.3 Å². The van der Waals surface area contributed by atoms with Crippen LogP contribution in [0, 0.1) is 0 Å². The number of hydrogen-bond donors (Lipinski definition) is 0. The third kappa shape index (κ3) is 3.57. The number of amides is 1. The van der Waals surface area contributed by atoms with Crippen LogP contribution in [0.1, 0.15) is 27.7 Å². The van der Waals surface area contributed by atoms with Crippen LogP contribution in [0.4, 0.5) is 4.79 Å². The van der Waals surface area contributed by atoms with Crippen molar-refractivity contribution in [2.45, 2.75) is 33.2 Å². The van der Waals surface area contributed by atoms with E-state index in [2.05, 4.69) is 20.4 Å². The fourth-order valence-electron chi connectivity index (χ4n) is 1.99. The molecule has 2 aromatic rings. The van der Waals surface area contributed by atoms with E-state index in [9.17, 15) is 4.79 Å². The van der Waals surface area contributed by atoms with E-state index in [1.54, 1.807) is 24.1 Å². The summed E-state index contributed by atoms with van der Waals surface area (Å²) in [5, 5.41) is 11.7. The van der Waals surface area contributed by atoms with Gasteiger partial charge < -0.3 is 9.64 Å². The van der Waals surface area contributed by atoms with Crippen molar-refractivity contribution in [1.82, 2.24) is 30.1 Å². The maximum Gasteiger partial charge on any atom is 0.415 e. The molecule has 22 heavy (non-hydrogen) atoms. The average molecular weight is 304 g/mol. The van der Waals surface area contributed by atoms with Crippen LogP contribution >= 0.6 is 0 Å². The summed E-state index contributed by atoms with van der Waals surface area (Å²) in [6, 6.07) is 3.35. The molecular weight excluding hydrogens is 284 g/mol. The summed E-state index contributed by atoms with van der Waals surface area (Å²) >= 11 is 0. The van der Waals surface area contributed by atoms with E-state index in [1.807, 2.05) is 27.7 Å². The Hall–Kier alpha value is -2.51. The first-order chi connectivity index (χ1) is 10.3. The van der Waals surface area contributed by atoms with E-state index >= 15 is 0 Å². The molecule has 0 saturated carbocycles. The van der Waals surface area contributed by atoms with E-state index in [-0.39, 0.29) is 5.54 Å². The van der Waals surface area contributed by atoms with Crippen molar-refractivity contribution in [2.24, 2.45) is 7.05 Å². The highest BCUT2D eigenvalue weighted by molar-refractivity contribution is 5.71. The van der Waals surface area contributed by atoms with Crippen LogP contribution < -0.4 is 4.74 Å². The molecule has 0 aromatic carbocycles. The topological polar surface area (TPSA) is 86.0 Å². The van der Waals surface area contributed by atoms with Crippen LogP contribution in [0.15, 0.2) is 18.3 Å². The number of carbonyl (C=O) groups is 1. The molecule has 0 fully saturated rings. The molecule has 0 bridgehead atoms. The Morgan fingerprint density at radius 3 is 2.55 bits per heavy atom. The van der Waals surface area contributed by atoms with Gasteiger partial charge in [-0.2, -0.15) is 4.80 Å². The molecule has 1 amide bonds. The molecule has 0 radical (unpaired) electrons. The summed E-state index contributed by atoms with van der Waals surface area (Å²) < 4.78 is 5.35. The van der Waals surface area contributed by atoms with Crippen molar-refractivity contribution in [2.75, 3.05) is 6.54 Å². The number of carbonyl (C=O) groups excluding carboxylic acids is 1. The summed E-state index contributed by atoms with van der Waals surface area (Å²) in [4.78, 5) is 19.4. The number of hydrogen-bond acceptors (Lipinski definition) is 6. The van der Waals surface area contributed by atoms with Crippen molar-refractivity contribution >= 4 is 6.09 Å². The van der Waals surface area contributed by atoms with Gasteiger partial charge in [0.05, 0.1) is 13.2 Å². The zero-order valence-electron chi connectivity index (χ0n) is 13.4. The van der Waals surface area contributed by atoms with E-state index in [1.165, 1.54) is 11.0 Å². The first-order valence-corrected chi connectivity index (χ1v) is 7.01. The Morgan fingerprint density at radius 2 is 2.09 bits per heavy atom. The first-order valence-electron chi connectivity index (χ1n) is 7.01. The normalized spacial score (nSPS) is 11.3. The number of ether oxygens (including phenoxy) is 1. The lowest BCUT2D eigenvalue weighted by molar-refractivity contribution is 0.110. The number of nitrogens with zero attached hydrogens (tertiary/aromatic N) is 6. The molecule has 0 N–H and O–H groups in total. The van der Waals surface area contributed by atoms with Crippen LogP contribution in [-0.2, 0) is 7.05 Å². The lowest BCUT2D eigenvalue weighted by Gasteiger charge is -2.33. The van der Waals surface area contributed by atoms with Crippen molar-refractivity contribution < 1.29 is 9.53 Å². The standard InChI is InChI=1S/C14H20N6O2/c1-6-20(14(2,3)4)13(21)22-10-7-8-11(15-9-10)12-16-18-19(5)17-12/h7-9H,6H2,1-5H3. The highest BCUT2D eigenvalue weighted by Crippen LogP contribution is 2.19. The predicted octanol–water partition coefficient (Wildman–Crippen LogP) is 1.89. The Balaban J connectivity index is 2.09. The predicted molar refractivity (Wildman–Crippen MR) is 80.2 cm³/mol. The summed E-state index contributed by atoms with van der Waals surface area (Å²) in [6.45, 7) is 8.35. The molecule has 8 heteroatoms. The van der Waals surface area contributed by atoms with Crippen molar-refractivity contribution in [3.8, 4) is 17.3 Å². The molecule has 0 aliphatic heterocycles. The summed E-state index contributed by atoms with van der Waals surface area (Å²) in [5.41, 5.74) is 0.263. The van der Waals surface area contributed by atoms with Crippen molar-refractivity contribution in [3.63, 3.8) is 0 Å². The van der Waals surface area contributed by atoms with Gasteiger partial charge in [-0.15, -0.1) is 10.2 Å². The van der Waals surface area contributed by atoms with Crippen LogP contribution in [0.2, 0.25) is 0 Å². The van der Waals surface area contributed by atoms with Gasteiger partial charge in [0.25, 0.3) is 0 Å². The van der Waals surface area contributed by atoms with E-state index in [4.69, 9.17) is 4.74 Å². The average Bonchev–Trinajstić information content (AvgIpc) is 2.85. The third-order valence-corrected chi connectivity index (χ3v) is 3.03. The number of rotatable bonds is 3. The molecule has 8 nitrogen and oxygen atoms in total. The van der Waals surface area contributed by atoms with Crippen LogP contribution in [0.25, 0.3) is 11.5 Å². The Morgan fingerprint density at radius 1 is 1.36 bits per heavy atom. The van der Waals surface area contributed by atoms with E-state index < -0.39 is 6.09 Å². The number of pyridine rings is 1. The van der Waals surface area contributed by atoms with Crippen molar-refractivity contribution in [1.29, 1.82) is 0 Å². The monoisotopic (exact) mass is 304 g/mol. The molecular formula is C14H20N6O2. The highest BCUT2D eigenvalue weighted by Gasteiger charge is 2.26. The van der Waals surface area contributed by atoms with E-state index in [0.717, 1.165) is 0 Å². The van der Waals surface area contributed by atoms with E-state index in [0.29, 0.717) is 23.8 Å². The molecule has 2 rings (SSSR count). The van der Waals surface area contributed by atoms with Gasteiger partial charge in [-0.3, -0.25) is 0 Å². The van der Waals surface area contributed by atoms with Crippen molar-refractivity contribution in [3.05, 3.63) is 18.3 Å². The lowest BCUT2D eigenvalue weighted by Crippen LogP contribution is -2.46. The fraction of sp³-hybridized carbons (Fsp3) is 0.500. The first kappa shape index (κ1) is 15.9. The molecule has 0 aliphatic carbocycles. The smallest absolute Gasteiger partial charge is 0.409 e. The second-order valence-electron chi connectivity index (χ2n) is 5.76. The molecule has 118 valence electrons. The van der Waals surface area contributed by atoms with Gasteiger partial charge in [0.15, 0.2) is 5.75 Å². The summed E-state index contributed by atoms with van der Waals surface area (Å²) in [5.74, 6) is 0.797. The maximum atomic E-state index is 12.2. The van der Waals surface area contributed by atoms with Gasteiger partial charge in [0, 0.05) is 12.1 Å². The molecule has 2 aromatic heterocycles. The van der Waals surface area contributed by atoms with Crippen LogP contribution in [0.5, 0.6) is 5.75 Å². The van der Waals surface area contributed by atoms with Crippen LogP contribution in [0.3, 0.4) is 0 Å². The molecule has 0 saturated heterocycles. The minimum Gasteiger partial charge on any atom is -0.409 e. The molecule has 0 unspecified atom stereocenters. The lowest BCUT2D eigenvalue weighted by atomic mass is 10.1. The minimum absolute atomic E-state index is 0.303. The largest absolute Gasteiger partial charge is 0.415 e. The summed E-state index contributed by atoms with van der Waals surface area (Å²) in [6.07, 6.45) is 1.07. The molecule has 0 atom stereocenters. The molecule has 0 aliphatic rings. The SMILES string of the molecule is CCN(C(=O)Oc1ccc(-c2nnn(C)n2)nc1)C(C)(C)C. The zero-order chi connectivity index (χ0) is 16.3. The Labute approximate surface area is 129 Å². The number of tetrazole rings is 1. The quantitative estimate of drug-likeness (QED) is 0.860. The Bertz CT molecular complexity index is 644. The second kappa shape index (κ2) is 6.08. The maximum absolute atomic E-state index is 12.2. The van der Waals surface area contributed by atoms with Gasteiger partial charge >= 0.3 is 6.09 Å². The second-order valence-corrected chi connectivity index (χ2v) is 5.76. The van der Waals surface area contributed by atoms with Gasteiger partial charge in [-0.05, 0) is 45.0 Å². The number of aromatic nitrogens is 5. The van der Waals surface area contributed by atoms with Gasteiger partial charge in [0.2, 0.25) is 5.82 Å². The molecule has 2 heterocycles. The summed E-state index contributed by atoms with van der Waals surface area (Å²) in [7, 11) is 1.68. The van der Waals surface area contributed by atoms with Gasteiger partial charge in [-0.1, -0.05) is 0 Å². The number of aryl methyl sites for hydroxylation is 1. The third-order valence-electron chi connectivity index (χ3n) is 3.03.